The van der Waals surface area contributed by atoms with Gasteiger partial charge >= 0.3 is 6.18 Å². The minimum atomic E-state index is -4.68. The van der Waals surface area contributed by atoms with E-state index in [1.165, 1.54) is 6.07 Å². The van der Waals surface area contributed by atoms with Crippen LogP contribution in [0, 0.1) is 11.7 Å². The number of piperazine rings is 1. The predicted molar refractivity (Wildman–Crippen MR) is 101 cm³/mol. The topological polar surface area (TPSA) is 65.0 Å². The van der Waals surface area contributed by atoms with Gasteiger partial charge in [-0.05, 0) is 43.3 Å². The number of alkyl halides is 3. The zero-order valence-electron chi connectivity index (χ0n) is 15.3. The molecular weight excluding hydrogens is 432 g/mol. The normalized spacial score (nSPS) is 29.6. The van der Waals surface area contributed by atoms with E-state index in [9.17, 15) is 26.0 Å². The maximum absolute atomic E-state index is 14.3. The first-order valence-corrected chi connectivity index (χ1v) is 11.9. The summed E-state index contributed by atoms with van der Waals surface area (Å²) in [5, 5.41) is 0. The molecular formula is C17H18F4N4O2S2. The minimum absolute atomic E-state index is 0.0487. The highest BCUT2D eigenvalue weighted by molar-refractivity contribution is 7.98. The number of nitrogens with one attached hydrogen (secondary N) is 1. The largest absolute Gasteiger partial charge is 0.410 e. The average Bonchev–Trinajstić information content (AvgIpc) is 3.27. The number of benzene rings is 1. The van der Waals surface area contributed by atoms with Gasteiger partial charge in [-0.1, -0.05) is 0 Å². The number of amidine groups is 1. The fourth-order valence-electron chi connectivity index (χ4n) is 4.55. The summed E-state index contributed by atoms with van der Waals surface area (Å²) in [6, 6.07) is -1.62. The Balaban J connectivity index is 1.62. The van der Waals surface area contributed by atoms with Gasteiger partial charge in [-0.15, -0.1) is 0 Å². The lowest BCUT2D eigenvalue weighted by atomic mass is 10.1. The van der Waals surface area contributed by atoms with Gasteiger partial charge < -0.3 is 9.62 Å². The second-order valence-corrected chi connectivity index (χ2v) is 10.7. The molecule has 158 valence electrons. The number of hydrogen-bond donors (Lipinski definition) is 1. The number of hydrogen-bond acceptors (Lipinski definition) is 6. The zero-order valence-corrected chi connectivity index (χ0v) is 16.9. The number of sulfonamides is 1. The molecule has 1 aliphatic carbocycles. The van der Waals surface area contributed by atoms with E-state index in [0.29, 0.717) is 16.4 Å². The summed E-state index contributed by atoms with van der Waals surface area (Å²) in [6.45, 7) is -0.0496. The highest BCUT2D eigenvalue weighted by Gasteiger charge is 2.63. The quantitative estimate of drug-likeness (QED) is 0.567. The van der Waals surface area contributed by atoms with Crippen molar-refractivity contribution in [1.29, 1.82) is 0 Å². The molecule has 4 aliphatic rings. The molecule has 1 N–H and O–H groups in total. The van der Waals surface area contributed by atoms with Crippen LogP contribution in [0.3, 0.4) is 0 Å². The van der Waals surface area contributed by atoms with Crippen molar-refractivity contribution < 1.29 is 26.0 Å². The molecule has 2 bridgehead atoms. The van der Waals surface area contributed by atoms with Crippen LogP contribution in [0.2, 0.25) is 0 Å². The Kier molecular flexibility index (Phi) is 4.18. The van der Waals surface area contributed by atoms with Crippen LogP contribution in [0.25, 0.3) is 0 Å². The van der Waals surface area contributed by atoms with Crippen LogP contribution < -0.4 is 9.62 Å². The first kappa shape index (κ1) is 19.4. The van der Waals surface area contributed by atoms with Crippen molar-refractivity contribution in [1.82, 2.24) is 9.03 Å². The van der Waals surface area contributed by atoms with Crippen LogP contribution in [0.15, 0.2) is 22.0 Å². The number of nitrogens with zero attached hydrogens (tertiary/aromatic N) is 3. The Labute approximate surface area is 169 Å². The van der Waals surface area contributed by atoms with Gasteiger partial charge in [-0.25, -0.2) is 17.8 Å². The standard InChI is InChI=1S/C17H18F4N4O2S2/c1-29(26,27)24-7-10-6-12(24)15(17(19,20)21)25(10)11-4-9(18)5-13-14(11)22-16(23-28-13)8-2-3-8/h4-5,8,10,12,15H,2-3,6-7H2,1H3,(H,22,23)/t10-,12-,15-/m1/s1. The molecule has 3 aliphatic heterocycles. The molecule has 3 fully saturated rings. The molecule has 0 spiro atoms. The molecule has 3 atom stereocenters. The van der Waals surface area contributed by atoms with Gasteiger partial charge in [0.1, 0.15) is 23.4 Å². The molecule has 2 saturated heterocycles. The molecule has 1 aromatic carbocycles. The third kappa shape index (κ3) is 3.19. The maximum atomic E-state index is 14.3. The van der Waals surface area contributed by atoms with E-state index in [0.717, 1.165) is 46.3 Å². The molecule has 29 heavy (non-hydrogen) atoms. The number of rotatable bonds is 3. The fraction of sp³-hybridized carbons (Fsp3) is 0.588. The van der Waals surface area contributed by atoms with Crippen LogP contribution in [0.5, 0.6) is 0 Å². The summed E-state index contributed by atoms with van der Waals surface area (Å²) in [6.07, 6.45) is -1.79. The van der Waals surface area contributed by atoms with Gasteiger partial charge in [0.25, 0.3) is 0 Å². The molecule has 12 heteroatoms. The summed E-state index contributed by atoms with van der Waals surface area (Å²) < 4.78 is 84.4. The summed E-state index contributed by atoms with van der Waals surface area (Å²) in [4.78, 5) is 6.11. The van der Waals surface area contributed by atoms with E-state index in [1.54, 1.807) is 0 Å². The Hall–Kier alpha value is -1.53. The molecule has 0 radical (unpaired) electrons. The molecule has 1 saturated carbocycles. The van der Waals surface area contributed by atoms with Crippen molar-refractivity contribution in [3.8, 4) is 0 Å². The smallest absolute Gasteiger partial charge is 0.352 e. The van der Waals surface area contributed by atoms with Crippen molar-refractivity contribution in [3.63, 3.8) is 0 Å². The van der Waals surface area contributed by atoms with Crippen molar-refractivity contribution in [2.75, 3.05) is 17.7 Å². The van der Waals surface area contributed by atoms with E-state index in [4.69, 9.17) is 0 Å². The molecule has 0 amide bonds. The Morgan fingerprint density at radius 2 is 2.00 bits per heavy atom. The third-order valence-corrected chi connectivity index (χ3v) is 7.97. The lowest BCUT2D eigenvalue weighted by Crippen LogP contribution is -2.60. The van der Waals surface area contributed by atoms with Gasteiger partial charge in [-0.3, -0.25) is 0 Å². The number of halogens is 4. The molecule has 6 nitrogen and oxygen atoms in total. The van der Waals surface area contributed by atoms with E-state index >= 15 is 0 Å². The zero-order chi connectivity index (χ0) is 20.7. The van der Waals surface area contributed by atoms with Crippen LogP contribution in [0.4, 0.5) is 28.9 Å². The average molecular weight is 450 g/mol. The van der Waals surface area contributed by atoms with Crippen LogP contribution in [-0.4, -0.2) is 55.7 Å². The SMILES string of the molecule is CS(=O)(=O)N1C[C@H]2C[C@@H]1[C@H](C(F)(F)F)N2c1cc(F)cc2c1N=C(C1CC1)NS2. The highest BCUT2D eigenvalue weighted by atomic mass is 32.2. The fourth-order valence-corrected chi connectivity index (χ4v) is 6.53. The van der Waals surface area contributed by atoms with Gasteiger partial charge in [0.05, 0.1) is 22.9 Å². The second kappa shape index (κ2) is 6.24. The van der Waals surface area contributed by atoms with Crippen LogP contribution in [0.1, 0.15) is 19.3 Å². The van der Waals surface area contributed by atoms with Crippen molar-refractivity contribution >= 4 is 39.2 Å². The Morgan fingerprint density at radius 1 is 1.28 bits per heavy atom. The van der Waals surface area contributed by atoms with Crippen LogP contribution >= 0.6 is 11.9 Å². The summed E-state index contributed by atoms with van der Waals surface area (Å²) in [5.41, 5.74) is 0.403. The Morgan fingerprint density at radius 3 is 2.62 bits per heavy atom. The lowest BCUT2D eigenvalue weighted by molar-refractivity contribution is -0.156. The lowest BCUT2D eigenvalue weighted by Gasteiger charge is -2.42. The van der Waals surface area contributed by atoms with E-state index in [2.05, 4.69) is 9.71 Å². The Bertz CT molecular complexity index is 1010. The number of anilines is 1. The van der Waals surface area contributed by atoms with Gasteiger partial charge in [0.2, 0.25) is 10.0 Å². The van der Waals surface area contributed by atoms with Gasteiger partial charge in [0.15, 0.2) is 0 Å². The summed E-state index contributed by atoms with van der Waals surface area (Å²) in [7, 11) is -3.78. The molecule has 0 unspecified atom stereocenters. The molecule has 3 heterocycles. The monoisotopic (exact) mass is 450 g/mol. The first-order chi connectivity index (χ1) is 13.5. The van der Waals surface area contributed by atoms with E-state index < -0.39 is 40.1 Å². The van der Waals surface area contributed by atoms with Crippen molar-refractivity contribution in [2.45, 2.75) is 48.5 Å². The molecule has 0 aromatic heterocycles. The van der Waals surface area contributed by atoms with Crippen molar-refractivity contribution in [3.05, 3.63) is 17.9 Å². The second-order valence-electron chi connectivity index (χ2n) is 7.93. The maximum Gasteiger partial charge on any atom is 0.410 e. The minimum Gasteiger partial charge on any atom is -0.352 e. The highest BCUT2D eigenvalue weighted by Crippen LogP contribution is 2.51. The molecule has 5 rings (SSSR count). The first-order valence-electron chi connectivity index (χ1n) is 9.21. The van der Waals surface area contributed by atoms with E-state index in [1.807, 2.05) is 0 Å². The van der Waals surface area contributed by atoms with Gasteiger partial charge in [-0.2, -0.15) is 17.5 Å². The molecule has 1 aromatic rings. The summed E-state index contributed by atoms with van der Waals surface area (Å²) >= 11 is 1.15. The van der Waals surface area contributed by atoms with Crippen molar-refractivity contribution in [2.24, 2.45) is 10.9 Å². The van der Waals surface area contributed by atoms with E-state index in [-0.39, 0.29) is 24.6 Å². The summed E-state index contributed by atoms with van der Waals surface area (Å²) in [5.74, 6) is 0.297. The predicted octanol–water partition coefficient (Wildman–Crippen LogP) is 3.03. The number of aliphatic imine (C=N–C) groups is 1. The third-order valence-electron chi connectivity index (χ3n) is 5.85. The van der Waals surface area contributed by atoms with Crippen LogP contribution in [-0.2, 0) is 10.0 Å². The van der Waals surface area contributed by atoms with Gasteiger partial charge in [0, 0.05) is 18.5 Å². The number of fused-ring (bicyclic) bond motifs is 3.